The van der Waals surface area contributed by atoms with Gasteiger partial charge in [-0.25, -0.2) is 4.68 Å². The predicted molar refractivity (Wildman–Crippen MR) is 77.6 cm³/mol. The molecule has 5 heteroatoms. The second-order valence-corrected chi connectivity index (χ2v) is 6.60. The van der Waals surface area contributed by atoms with Crippen LogP contribution < -0.4 is 5.73 Å². The molecule has 1 atom stereocenters. The van der Waals surface area contributed by atoms with Crippen LogP contribution >= 0.6 is 15.9 Å². The van der Waals surface area contributed by atoms with Crippen LogP contribution in [0.1, 0.15) is 33.3 Å². The molecule has 4 nitrogen and oxygen atoms in total. The molecule has 0 saturated carbocycles. The second kappa shape index (κ2) is 4.63. The molecule has 1 aromatic carbocycles. The van der Waals surface area contributed by atoms with Crippen molar-refractivity contribution in [2.75, 3.05) is 0 Å². The first kappa shape index (κ1) is 13.5. The maximum atomic E-state index is 5.90. The van der Waals surface area contributed by atoms with Crippen LogP contribution in [0.2, 0.25) is 0 Å². The number of aromatic nitrogens is 3. The van der Waals surface area contributed by atoms with Gasteiger partial charge in [-0.15, -0.1) is 5.10 Å². The summed E-state index contributed by atoms with van der Waals surface area (Å²) in [5.74, 6) is 0. The van der Waals surface area contributed by atoms with E-state index in [9.17, 15) is 0 Å². The fourth-order valence-corrected chi connectivity index (χ4v) is 2.51. The molecule has 18 heavy (non-hydrogen) atoms. The van der Waals surface area contributed by atoms with E-state index in [2.05, 4.69) is 53.1 Å². The average Bonchev–Trinajstić information content (AvgIpc) is 2.65. The van der Waals surface area contributed by atoms with Crippen LogP contribution in [0.3, 0.4) is 0 Å². The summed E-state index contributed by atoms with van der Waals surface area (Å²) in [7, 11) is 0. The fourth-order valence-electron chi connectivity index (χ4n) is 2.03. The van der Waals surface area contributed by atoms with E-state index in [1.165, 1.54) is 0 Å². The molecule has 1 unspecified atom stereocenters. The van der Waals surface area contributed by atoms with Gasteiger partial charge in [-0.3, -0.25) is 0 Å². The largest absolute Gasteiger partial charge is 0.328 e. The SMILES string of the molecule is CC(N)Cc1c(Br)ccc2c1nnn2C(C)(C)C. The van der Waals surface area contributed by atoms with Crippen LogP contribution in [-0.4, -0.2) is 21.0 Å². The normalized spacial score (nSPS) is 14.1. The van der Waals surface area contributed by atoms with Gasteiger partial charge in [0.05, 0.1) is 11.1 Å². The summed E-state index contributed by atoms with van der Waals surface area (Å²) in [6.07, 6.45) is 0.792. The van der Waals surface area contributed by atoms with Crippen molar-refractivity contribution in [2.45, 2.75) is 45.7 Å². The van der Waals surface area contributed by atoms with Crippen molar-refractivity contribution in [3.8, 4) is 0 Å². The highest BCUT2D eigenvalue weighted by atomic mass is 79.9. The summed E-state index contributed by atoms with van der Waals surface area (Å²) in [6, 6.07) is 4.20. The Morgan fingerprint density at radius 1 is 1.39 bits per heavy atom. The standard InChI is InChI=1S/C13H19BrN4/c1-8(15)7-9-10(14)5-6-11-12(9)16-17-18(11)13(2,3)4/h5-6,8H,7,15H2,1-4H3. The van der Waals surface area contributed by atoms with E-state index in [1.807, 2.05) is 17.7 Å². The highest BCUT2D eigenvalue weighted by Crippen LogP contribution is 2.28. The lowest BCUT2D eigenvalue weighted by Gasteiger charge is -2.19. The number of hydrogen-bond acceptors (Lipinski definition) is 3. The number of nitrogens with zero attached hydrogens (tertiary/aromatic N) is 3. The zero-order chi connectivity index (χ0) is 13.5. The Labute approximate surface area is 116 Å². The summed E-state index contributed by atoms with van der Waals surface area (Å²) < 4.78 is 3.01. The minimum atomic E-state index is -0.0752. The molecule has 2 N–H and O–H groups in total. The van der Waals surface area contributed by atoms with Gasteiger partial charge in [-0.2, -0.15) is 0 Å². The van der Waals surface area contributed by atoms with Crippen LogP contribution in [-0.2, 0) is 12.0 Å². The molecule has 0 spiro atoms. The molecular formula is C13H19BrN4. The van der Waals surface area contributed by atoms with E-state index >= 15 is 0 Å². The van der Waals surface area contributed by atoms with Gasteiger partial charge in [0, 0.05) is 10.5 Å². The van der Waals surface area contributed by atoms with Crippen molar-refractivity contribution in [1.82, 2.24) is 15.0 Å². The van der Waals surface area contributed by atoms with E-state index < -0.39 is 0 Å². The molecule has 98 valence electrons. The number of fused-ring (bicyclic) bond motifs is 1. The van der Waals surface area contributed by atoms with Crippen molar-refractivity contribution < 1.29 is 0 Å². The fraction of sp³-hybridized carbons (Fsp3) is 0.538. The molecule has 0 aliphatic heterocycles. The van der Waals surface area contributed by atoms with Crippen LogP contribution in [0.5, 0.6) is 0 Å². The minimum Gasteiger partial charge on any atom is -0.328 e. The molecule has 0 bridgehead atoms. The minimum absolute atomic E-state index is 0.0752. The van der Waals surface area contributed by atoms with Crippen molar-refractivity contribution in [3.05, 3.63) is 22.2 Å². The van der Waals surface area contributed by atoms with E-state index in [0.29, 0.717) is 0 Å². The van der Waals surface area contributed by atoms with Crippen LogP contribution in [0.4, 0.5) is 0 Å². The maximum absolute atomic E-state index is 5.90. The smallest absolute Gasteiger partial charge is 0.117 e. The third-order valence-electron chi connectivity index (χ3n) is 2.83. The Hall–Kier alpha value is -0.940. The van der Waals surface area contributed by atoms with Crippen molar-refractivity contribution in [3.63, 3.8) is 0 Å². The van der Waals surface area contributed by atoms with E-state index in [4.69, 9.17) is 5.73 Å². The average molecular weight is 311 g/mol. The highest BCUT2D eigenvalue weighted by Gasteiger charge is 2.20. The van der Waals surface area contributed by atoms with Gasteiger partial charge in [0.2, 0.25) is 0 Å². The summed E-state index contributed by atoms with van der Waals surface area (Å²) >= 11 is 3.57. The van der Waals surface area contributed by atoms with Gasteiger partial charge >= 0.3 is 0 Å². The molecule has 2 aromatic rings. The summed E-state index contributed by atoms with van der Waals surface area (Å²) in [5, 5.41) is 8.61. The predicted octanol–water partition coefficient (Wildman–Crippen LogP) is 2.84. The quantitative estimate of drug-likeness (QED) is 0.928. The first-order chi connectivity index (χ1) is 8.30. The Balaban J connectivity index is 2.65. The molecule has 0 aliphatic rings. The Morgan fingerprint density at radius 3 is 2.61 bits per heavy atom. The van der Waals surface area contributed by atoms with Gasteiger partial charge in [0.15, 0.2) is 0 Å². The molecular weight excluding hydrogens is 292 g/mol. The molecule has 0 fully saturated rings. The lowest BCUT2D eigenvalue weighted by molar-refractivity contribution is 0.358. The number of halogens is 1. The van der Waals surface area contributed by atoms with Gasteiger partial charge in [0.25, 0.3) is 0 Å². The summed E-state index contributed by atoms with van der Waals surface area (Å²) in [4.78, 5) is 0. The number of hydrogen-bond donors (Lipinski definition) is 1. The lowest BCUT2D eigenvalue weighted by atomic mass is 10.0. The Kier molecular flexibility index (Phi) is 3.47. The molecule has 0 amide bonds. The Bertz CT molecular complexity index is 566. The van der Waals surface area contributed by atoms with Gasteiger partial charge in [-0.05, 0) is 51.8 Å². The van der Waals surface area contributed by atoms with Crippen LogP contribution in [0.25, 0.3) is 11.0 Å². The zero-order valence-corrected chi connectivity index (χ0v) is 12.8. The van der Waals surface area contributed by atoms with Crippen LogP contribution in [0.15, 0.2) is 16.6 Å². The van der Waals surface area contributed by atoms with E-state index in [1.54, 1.807) is 0 Å². The van der Waals surface area contributed by atoms with Gasteiger partial charge in [0.1, 0.15) is 5.52 Å². The molecule has 0 saturated heterocycles. The third kappa shape index (κ3) is 2.42. The topological polar surface area (TPSA) is 56.7 Å². The monoisotopic (exact) mass is 310 g/mol. The van der Waals surface area contributed by atoms with Crippen LogP contribution in [0, 0.1) is 0 Å². The molecule has 1 heterocycles. The lowest BCUT2D eigenvalue weighted by Crippen LogP contribution is -2.23. The molecule has 2 rings (SSSR count). The van der Waals surface area contributed by atoms with E-state index in [-0.39, 0.29) is 11.6 Å². The Morgan fingerprint density at radius 2 is 2.06 bits per heavy atom. The molecule has 0 aliphatic carbocycles. The molecule has 1 aromatic heterocycles. The number of benzene rings is 1. The van der Waals surface area contributed by atoms with Crippen molar-refractivity contribution >= 4 is 27.0 Å². The van der Waals surface area contributed by atoms with E-state index in [0.717, 1.165) is 27.5 Å². The second-order valence-electron chi connectivity index (χ2n) is 5.75. The highest BCUT2D eigenvalue weighted by molar-refractivity contribution is 9.10. The zero-order valence-electron chi connectivity index (χ0n) is 11.2. The summed E-state index contributed by atoms with van der Waals surface area (Å²) in [6.45, 7) is 8.36. The maximum Gasteiger partial charge on any atom is 0.117 e. The first-order valence-corrected chi connectivity index (χ1v) is 6.89. The number of rotatable bonds is 2. The van der Waals surface area contributed by atoms with Crippen molar-refractivity contribution in [2.24, 2.45) is 5.73 Å². The third-order valence-corrected chi connectivity index (χ3v) is 3.57. The molecule has 0 radical (unpaired) electrons. The van der Waals surface area contributed by atoms with Crippen molar-refractivity contribution in [1.29, 1.82) is 0 Å². The summed E-state index contributed by atoms with van der Waals surface area (Å²) in [5.41, 5.74) is 8.96. The number of nitrogens with two attached hydrogens (primary N) is 1. The first-order valence-electron chi connectivity index (χ1n) is 6.09. The van der Waals surface area contributed by atoms with Gasteiger partial charge in [-0.1, -0.05) is 21.1 Å². The van der Waals surface area contributed by atoms with Gasteiger partial charge < -0.3 is 5.73 Å².